The predicted molar refractivity (Wildman–Crippen MR) is 112 cm³/mol. The second-order valence-corrected chi connectivity index (χ2v) is 8.42. The third-order valence-electron chi connectivity index (χ3n) is 4.30. The number of carboxylic acid groups (broad SMARTS) is 1. The Labute approximate surface area is 173 Å². The Hall–Kier alpha value is -2.55. The van der Waals surface area contributed by atoms with Gasteiger partial charge in [-0.05, 0) is 43.5 Å². The predicted octanol–water partition coefficient (Wildman–Crippen LogP) is 3.98. The Morgan fingerprint density at radius 2 is 1.97 bits per heavy atom. The van der Waals surface area contributed by atoms with Gasteiger partial charge in [-0.2, -0.15) is 0 Å². The molecule has 1 aromatic heterocycles. The molecule has 1 aliphatic rings. The van der Waals surface area contributed by atoms with Crippen molar-refractivity contribution < 1.29 is 24.2 Å². The van der Waals surface area contributed by atoms with E-state index in [9.17, 15) is 14.7 Å². The van der Waals surface area contributed by atoms with Crippen LogP contribution < -0.4 is 5.32 Å². The molecule has 2 heterocycles. The Morgan fingerprint density at radius 1 is 1.24 bits per heavy atom. The van der Waals surface area contributed by atoms with Crippen LogP contribution in [0.25, 0.3) is 12.2 Å². The maximum absolute atomic E-state index is 12.6. The number of hydrogen-bond donors (Lipinski definition) is 2. The van der Waals surface area contributed by atoms with Gasteiger partial charge in [0.1, 0.15) is 5.01 Å². The van der Waals surface area contributed by atoms with E-state index in [1.165, 1.54) is 0 Å². The highest BCUT2D eigenvalue weighted by atomic mass is 32.1. The SMILES string of the molecule is CC(C)c1csc(/C=C/c2cccc(NC(=O)[C@H]3OC(C)(C)O[C@@H]3C(=O)O)c2)n1. The van der Waals surface area contributed by atoms with Crippen LogP contribution in [-0.2, 0) is 19.1 Å². The van der Waals surface area contributed by atoms with Gasteiger partial charge in [0.05, 0.1) is 5.69 Å². The summed E-state index contributed by atoms with van der Waals surface area (Å²) in [4.78, 5) is 28.5. The highest BCUT2D eigenvalue weighted by Gasteiger charge is 2.49. The number of nitrogens with one attached hydrogen (secondary N) is 1. The van der Waals surface area contributed by atoms with E-state index < -0.39 is 29.9 Å². The molecular weight excluding hydrogens is 392 g/mol. The van der Waals surface area contributed by atoms with Gasteiger partial charge in [0.25, 0.3) is 5.91 Å². The number of benzene rings is 1. The van der Waals surface area contributed by atoms with Crippen LogP contribution in [0, 0.1) is 0 Å². The molecule has 1 amide bonds. The van der Waals surface area contributed by atoms with Gasteiger partial charge in [-0.25, -0.2) is 9.78 Å². The van der Waals surface area contributed by atoms with Crippen molar-refractivity contribution in [1.82, 2.24) is 4.98 Å². The summed E-state index contributed by atoms with van der Waals surface area (Å²) in [6.45, 7) is 7.35. The van der Waals surface area contributed by atoms with Gasteiger partial charge < -0.3 is 19.9 Å². The number of carbonyl (C=O) groups excluding carboxylic acids is 1. The molecule has 1 fully saturated rings. The van der Waals surface area contributed by atoms with Crippen LogP contribution in [0.2, 0.25) is 0 Å². The van der Waals surface area contributed by atoms with E-state index in [2.05, 4.69) is 24.1 Å². The molecule has 2 N–H and O–H groups in total. The minimum Gasteiger partial charge on any atom is -0.479 e. The molecule has 7 nitrogen and oxygen atoms in total. The number of nitrogens with zero attached hydrogens (tertiary/aromatic N) is 1. The molecule has 29 heavy (non-hydrogen) atoms. The molecule has 2 atom stereocenters. The molecule has 2 aromatic rings. The molecular formula is C21H24N2O5S. The van der Waals surface area contributed by atoms with Crippen molar-refractivity contribution in [1.29, 1.82) is 0 Å². The van der Waals surface area contributed by atoms with Gasteiger partial charge in [-0.15, -0.1) is 11.3 Å². The lowest BCUT2D eigenvalue weighted by Gasteiger charge is -2.16. The van der Waals surface area contributed by atoms with E-state index >= 15 is 0 Å². The minimum absolute atomic E-state index is 0.383. The van der Waals surface area contributed by atoms with Crippen molar-refractivity contribution in [2.24, 2.45) is 0 Å². The first-order valence-corrected chi connectivity index (χ1v) is 10.2. The van der Waals surface area contributed by atoms with E-state index in [1.54, 1.807) is 43.4 Å². The molecule has 0 spiro atoms. The lowest BCUT2D eigenvalue weighted by molar-refractivity contribution is -0.166. The van der Waals surface area contributed by atoms with E-state index in [0.29, 0.717) is 11.6 Å². The van der Waals surface area contributed by atoms with E-state index in [4.69, 9.17) is 9.47 Å². The van der Waals surface area contributed by atoms with Crippen LogP contribution >= 0.6 is 11.3 Å². The summed E-state index contributed by atoms with van der Waals surface area (Å²) < 4.78 is 10.8. The maximum Gasteiger partial charge on any atom is 0.336 e. The molecule has 3 rings (SSSR count). The standard InChI is InChI=1S/C21H24N2O5S/c1-12(2)15-11-29-16(23-15)9-8-13-6-5-7-14(10-13)22-19(24)17-18(20(25)26)28-21(3,4)27-17/h5-12,17-18H,1-4H3,(H,22,24)(H,25,26)/b9-8+/t17-,18-/m0/s1. The summed E-state index contributed by atoms with van der Waals surface area (Å²) in [7, 11) is 0. The smallest absolute Gasteiger partial charge is 0.336 e. The minimum atomic E-state index is -1.35. The Kier molecular flexibility index (Phi) is 6.16. The molecule has 0 aliphatic carbocycles. The molecule has 1 aliphatic heterocycles. The van der Waals surface area contributed by atoms with E-state index in [0.717, 1.165) is 16.3 Å². The van der Waals surface area contributed by atoms with E-state index in [-0.39, 0.29) is 0 Å². The van der Waals surface area contributed by atoms with Crippen LogP contribution in [-0.4, -0.2) is 40.0 Å². The monoisotopic (exact) mass is 416 g/mol. The number of carbonyl (C=O) groups is 2. The molecule has 0 bridgehead atoms. The number of hydrogen-bond acceptors (Lipinski definition) is 6. The number of ether oxygens (including phenoxy) is 2. The zero-order chi connectivity index (χ0) is 21.2. The summed E-state index contributed by atoms with van der Waals surface area (Å²) in [5.74, 6) is -2.56. The first-order chi connectivity index (χ1) is 13.6. The van der Waals surface area contributed by atoms with Gasteiger partial charge in [-0.1, -0.05) is 32.1 Å². The Morgan fingerprint density at radius 3 is 2.62 bits per heavy atom. The molecule has 0 radical (unpaired) electrons. The quantitative estimate of drug-likeness (QED) is 0.739. The summed E-state index contributed by atoms with van der Waals surface area (Å²) in [5, 5.41) is 15.0. The Balaban J connectivity index is 1.70. The van der Waals surface area contributed by atoms with Gasteiger partial charge in [0.2, 0.25) is 0 Å². The number of anilines is 1. The molecule has 0 saturated carbocycles. The largest absolute Gasteiger partial charge is 0.479 e. The van der Waals surface area contributed by atoms with Crippen molar-refractivity contribution in [3.63, 3.8) is 0 Å². The molecule has 154 valence electrons. The summed E-state index contributed by atoms with van der Waals surface area (Å²) in [6, 6.07) is 7.23. The van der Waals surface area contributed by atoms with Crippen LogP contribution in [0.4, 0.5) is 5.69 Å². The summed E-state index contributed by atoms with van der Waals surface area (Å²) in [5.41, 5.74) is 2.48. The third kappa shape index (κ3) is 5.29. The number of rotatable bonds is 6. The van der Waals surface area contributed by atoms with Crippen molar-refractivity contribution in [3.8, 4) is 0 Å². The first kappa shape index (κ1) is 21.2. The van der Waals surface area contributed by atoms with Crippen molar-refractivity contribution in [2.45, 2.75) is 51.6 Å². The molecule has 1 aromatic carbocycles. The van der Waals surface area contributed by atoms with Crippen molar-refractivity contribution >= 4 is 41.1 Å². The summed E-state index contributed by atoms with van der Waals surface area (Å²) >= 11 is 1.58. The van der Waals surface area contributed by atoms with Crippen LogP contribution in [0.1, 0.15) is 49.9 Å². The van der Waals surface area contributed by atoms with E-state index in [1.807, 2.05) is 23.6 Å². The van der Waals surface area contributed by atoms with Crippen LogP contribution in [0.3, 0.4) is 0 Å². The lowest BCUT2D eigenvalue weighted by atomic mass is 10.1. The second-order valence-electron chi connectivity index (χ2n) is 7.53. The second kappa shape index (κ2) is 8.44. The van der Waals surface area contributed by atoms with Gasteiger partial charge in [0.15, 0.2) is 18.0 Å². The number of aliphatic carboxylic acids is 1. The average Bonchev–Trinajstić information content (AvgIpc) is 3.24. The normalized spacial score (nSPS) is 21.0. The summed E-state index contributed by atoms with van der Waals surface area (Å²) in [6.07, 6.45) is 1.25. The van der Waals surface area contributed by atoms with Crippen molar-refractivity contribution in [3.05, 3.63) is 45.9 Å². The first-order valence-electron chi connectivity index (χ1n) is 9.27. The average molecular weight is 416 g/mol. The molecule has 8 heteroatoms. The topological polar surface area (TPSA) is 97.8 Å². The maximum atomic E-state index is 12.6. The third-order valence-corrected chi connectivity index (χ3v) is 5.13. The molecule has 1 saturated heterocycles. The fourth-order valence-corrected chi connectivity index (χ4v) is 3.75. The zero-order valence-electron chi connectivity index (χ0n) is 16.7. The van der Waals surface area contributed by atoms with Gasteiger partial charge >= 0.3 is 5.97 Å². The lowest BCUT2D eigenvalue weighted by Crippen LogP contribution is -2.40. The number of aromatic nitrogens is 1. The molecule has 0 unspecified atom stereocenters. The van der Waals surface area contributed by atoms with Crippen molar-refractivity contribution in [2.75, 3.05) is 5.32 Å². The number of amides is 1. The highest BCUT2D eigenvalue weighted by molar-refractivity contribution is 7.10. The van der Waals surface area contributed by atoms with Crippen LogP contribution in [0.5, 0.6) is 0 Å². The van der Waals surface area contributed by atoms with Crippen LogP contribution in [0.15, 0.2) is 29.6 Å². The fraction of sp³-hybridized carbons (Fsp3) is 0.381. The zero-order valence-corrected chi connectivity index (χ0v) is 17.5. The highest BCUT2D eigenvalue weighted by Crippen LogP contribution is 2.29. The Bertz CT molecular complexity index is 935. The van der Waals surface area contributed by atoms with Gasteiger partial charge in [-0.3, -0.25) is 4.79 Å². The number of carboxylic acids is 1. The number of thiazole rings is 1. The fourth-order valence-electron chi connectivity index (χ4n) is 2.88. The van der Waals surface area contributed by atoms with Gasteiger partial charge in [0, 0.05) is 11.1 Å².